The van der Waals surface area contributed by atoms with Crippen molar-refractivity contribution in [3.63, 3.8) is 0 Å². The zero-order chi connectivity index (χ0) is 7.40. The molecule has 0 aliphatic carbocycles. The van der Waals surface area contributed by atoms with Crippen molar-refractivity contribution in [1.29, 1.82) is 0 Å². The first-order valence-corrected chi connectivity index (χ1v) is 3.15. The van der Waals surface area contributed by atoms with E-state index in [0.717, 1.165) is 12.1 Å². The Morgan fingerprint density at radius 1 is 1.70 bits per heavy atom. The Kier molecular flexibility index (Phi) is 2.39. The number of aromatic nitrogens is 2. The van der Waals surface area contributed by atoms with Crippen LogP contribution in [0, 0.1) is 0 Å². The van der Waals surface area contributed by atoms with Crippen molar-refractivity contribution < 1.29 is 4.39 Å². The molecule has 0 unspecified atom stereocenters. The number of nitrogens with zero attached hydrogens (tertiary/aromatic N) is 1. The van der Waals surface area contributed by atoms with Gasteiger partial charge < -0.3 is 10.7 Å². The van der Waals surface area contributed by atoms with E-state index in [0.29, 0.717) is 12.4 Å². The number of rotatable bonds is 3. The van der Waals surface area contributed by atoms with Gasteiger partial charge in [-0.1, -0.05) is 0 Å². The van der Waals surface area contributed by atoms with Crippen LogP contribution >= 0.6 is 0 Å². The fourth-order valence-electron chi connectivity index (χ4n) is 0.756. The van der Waals surface area contributed by atoms with Crippen LogP contribution in [-0.2, 0) is 13.1 Å². The maximum atomic E-state index is 11.9. The molecule has 0 bridgehead atoms. The molecule has 0 aromatic carbocycles. The Bertz CT molecular complexity index is 197. The molecule has 0 saturated carbocycles. The van der Waals surface area contributed by atoms with Crippen LogP contribution in [0.25, 0.3) is 0 Å². The zero-order valence-electron chi connectivity index (χ0n) is 5.60. The first-order valence-electron chi connectivity index (χ1n) is 3.15. The number of aromatic amines is 1. The SMILES string of the molecule is NCCc1cnc(CF)[nH]1. The van der Waals surface area contributed by atoms with Gasteiger partial charge in [0.05, 0.1) is 0 Å². The van der Waals surface area contributed by atoms with Gasteiger partial charge in [-0.2, -0.15) is 0 Å². The summed E-state index contributed by atoms with van der Waals surface area (Å²) in [6.45, 7) is 0.0263. The van der Waals surface area contributed by atoms with Crippen LogP contribution < -0.4 is 5.73 Å². The van der Waals surface area contributed by atoms with Crippen LogP contribution in [0.2, 0.25) is 0 Å². The molecule has 56 valence electrons. The van der Waals surface area contributed by atoms with Crippen LogP contribution in [0.5, 0.6) is 0 Å². The topological polar surface area (TPSA) is 54.7 Å². The van der Waals surface area contributed by atoms with E-state index in [9.17, 15) is 4.39 Å². The van der Waals surface area contributed by atoms with Gasteiger partial charge in [-0.15, -0.1) is 0 Å². The molecular formula is C6H10FN3. The first kappa shape index (κ1) is 7.21. The number of alkyl halides is 1. The molecule has 0 saturated heterocycles. The molecule has 1 heterocycles. The van der Waals surface area contributed by atoms with Gasteiger partial charge in [0.2, 0.25) is 0 Å². The molecule has 0 amide bonds. The Morgan fingerprint density at radius 3 is 3.00 bits per heavy atom. The Hall–Kier alpha value is -0.900. The van der Waals surface area contributed by atoms with Crippen molar-refractivity contribution >= 4 is 0 Å². The normalized spacial score (nSPS) is 10.2. The van der Waals surface area contributed by atoms with Gasteiger partial charge >= 0.3 is 0 Å². The van der Waals surface area contributed by atoms with Crippen molar-refractivity contribution in [3.8, 4) is 0 Å². The predicted molar refractivity (Wildman–Crippen MR) is 36.2 cm³/mol. The fourth-order valence-corrected chi connectivity index (χ4v) is 0.756. The highest BCUT2D eigenvalue weighted by molar-refractivity contribution is 5.00. The fraction of sp³-hybridized carbons (Fsp3) is 0.500. The molecule has 1 aromatic rings. The van der Waals surface area contributed by atoms with E-state index in [1.54, 1.807) is 6.20 Å². The Balaban J connectivity index is 2.59. The lowest BCUT2D eigenvalue weighted by atomic mass is 10.3. The van der Waals surface area contributed by atoms with Crippen LogP contribution in [0.1, 0.15) is 11.5 Å². The third-order valence-electron chi connectivity index (χ3n) is 1.22. The molecule has 0 fully saturated rings. The van der Waals surface area contributed by atoms with Gasteiger partial charge in [0, 0.05) is 18.3 Å². The molecule has 4 heteroatoms. The number of hydrogen-bond acceptors (Lipinski definition) is 2. The van der Waals surface area contributed by atoms with Gasteiger partial charge in [0.25, 0.3) is 0 Å². The van der Waals surface area contributed by atoms with Crippen LogP contribution in [0.15, 0.2) is 6.20 Å². The molecule has 0 spiro atoms. The van der Waals surface area contributed by atoms with E-state index in [-0.39, 0.29) is 0 Å². The first-order chi connectivity index (χ1) is 4.86. The third kappa shape index (κ3) is 1.54. The summed E-state index contributed by atoms with van der Waals surface area (Å²) in [5, 5.41) is 0. The molecule has 1 aromatic heterocycles. The second-order valence-electron chi connectivity index (χ2n) is 2.03. The highest BCUT2D eigenvalue weighted by atomic mass is 19.1. The molecule has 0 aliphatic rings. The van der Waals surface area contributed by atoms with E-state index in [4.69, 9.17) is 5.73 Å². The van der Waals surface area contributed by atoms with E-state index < -0.39 is 6.67 Å². The quantitative estimate of drug-likeness (QED) is 0.642. The third-order valence-corrected chi connectivity index (χ3v) is 1.22. The minimum atomic E-state index is -0.537. The number of hydrogen-bond donors (Lipinski definition) is 2. The van der Waals surface area contributed by atoms with Gasteiger partial charge in [-0.25, -0.2) is 9.37 Å². The minimum absolute atomic E-state index is 0.378. The largest absolute Gasteiger partial charge is 0.344 e. The maximum absolute atomic E-state index is 11.9. The van der Waals surface area contributed by atoms with E-state index in [1.807, 2.05) is 0 Å². The van der Waals surface area contributed by atoms with Gasteiger partial charge in [0.15, 0.2) is 0 Å². The molecule has 10 heavy (non-hydrogen) atoms. The molecule has 1 rings (SSSR count). The molecule has 0 aliphatic heterocycles. The summed E-state index contributed by atoms with van der Waals surface area (Å²) in [4.78, 5) is 6.56. The van der Waals surface area contributed by atoms with Crippen LogP contribution in [0.3, 0.4) is 0 Å². The summed E-state index contributed by atoms with van der Waals surface area (Å²) in [6, 6.07) is 0. The van der Waals surface area contributed by atoms with Gasteiger partial charge in [-0.3, -0.25) is 0 Å². The smallest absolute Gasteiger partial charge is 0.147 e. The van der Waals surface area contributed by atoms with E-state index in [1.165, 1.54) is 0 Å². The average molecular weight is 143 g/mol. The lowest BCUT2D eigenvalue weighted by Gasteiger charge is -1.88. The number of nitrogens with one attached hydrogen (secondary N) is 1. The Labute approximate surface area is 58.5 Å². The molecule has 3 N–H and O–H groups in total. The lowest BCUT2D eigenvalue weighted by Crippen LogP contribution is -2.02. The van der Waals surface area contributed by atoms with E-state index in [2.05, 4.69) is 9.97 Å². The Morgan fingerprint density at radius 2 is 2.50 bits per heavy atom. The van der Waals surface area contributed by atoms with E-state index >= 15 is 0 Å². The lowest BCUT2D eigenvalue weighted by molar-refractivity contribution is 0.468. The summed E-state index contributed by atoms with van der Waals surface area (Å²) in [5.74, 6) is 0.378. The van der Waals surface area contributed by atoms with Gasteiger partial charge in [0.1, 0.15) is 12.5 Å². The molecular weight excluding hydrogens is 133 g/mol. The van der Waals surface area contributed by atoms with Gasteiger partial charge in [-0.05, 0) is 6.54 Å². The molecule has 0 radical (unpaired) electrons. The van der Waals surface area contributed by atoms with Crippen LogP contribution in [0.4, 0.5) is 4.39 Å². The van der Waals surface area contributed by atoms with Crippen molar-refractivity contribution in [3.05, 3.63) is 17.7 Å². The average Bonchev–Trinajstić information content (AvgIpc) is 2.37. The number of nitrogens with two attached hydrogens (primary N) is 1. The highest BCUT2D eigenvalue weighted by Gasteiger charge is 1.96. The summed E-state index contributed by atoms with van der Waals surface area (Å²) in [7, 11) is 0. The minimum Gasteiger partial charge on any atom is -0.344 e. The predicted octanol–water partition coefficient (Wildman–Crippen LogP) is 0.380. The number of imidazole rings is 1. The molecule has 3 nitrogen and oxygen atoms in total. The standard InChI is InChI=1S/C6H10FN3/c7-3-6-9-4-5(10-6)1-2-8/h4H,1-3,8H2,(H,9,10). The second-order valence-corrected chi connectivity index (χ2v) is 2.03. The number of halogens is 1. The summed E-state index contributed by atoms with van der Waals surface area (Å²) < 4.78 is 11.9. The zero-order valence-corrected chi connectivity index (χ0v) is 5.60. The van der Waals surface area contributed by atoms with Crippen LogP contribution in [-0.4, -0.2) is 16.5 Å². The van der Waals surface area contributed by atoms with Crippen molar-refractivity contribution in [2.75, 3.05) is 6.54 Å². The summed E-state index contributed by atoms with van der Waals surface area (Å²) >= 11 is 0. The highest BCUT2D eigenvalue weighted by Crippen LogP contribution is 1.97. The number of H-pyrrole nitrogens is 1. The maximum Gasteiger partial charge on any atom is 0.147 e. The monoisotopic (exact) mass is 143 g/mol. The van der Waals surface area contributed by atoms with Crippen molar-refractivity contribution in [2.45, 2.75) is 13.1 Å². The summed E-state index contributed by atoms with van der Waals surface area (Å²) in [6.07, 6.45) is 2.34. The second kappa shape index (κ2) is 3.31. The van der Waals surface area contributed by atoms with Crippen molar-refractivity contribution in [1.82, 2.24) is 9.97 Å². The van der Waals surface area contributed by atoms with Crippen molar-refractivity contribution in [2.24, 2.45) is 5.73 Å². The summed E-state index contributed by atoms with van der Waals surface area (Å²) in [5.41, 5.74) is 6.17. The molecule has 0 atom stereocenters.